The highest BCUT2D eigenvalue weighted by atomic mass is 35.5. The van der Waals surface area contributed by atoms with Gasteiger partial charge >= 0.3 is 5.97 Å². The molecule has 0 aliphatic rings. The molecule has 0 aliphatic heterocycles. The Bertz CT molecular complexity index is 682. The summed E-state index contributed by atoms with van der Waals surface area (Å²) in [6.45, 7) is 1.67. The fourth-order valence-corrected chi connectivity index (χ4v) is 3.42. The second kappa shape index (κ2) is 6.89. The lowest BCUT2D eigenvalue weighted by molar-refractivity contribution is 0.0600. The monoisotopic (exact) mass is 330 g/mol. The standard InChI is InChI=1S/C13H15ClN2O4S/c1-9(7-15)8-16(2)21(18,19)12-5-4-10(6-11(12)14)13(17)20-3/h4-6,9H,8H2,1-3H3/t9-/m0/s1. The van der Waals surface area contributed by atoms with Crippen molar-refractivity contribution in [3.05, 3.63) is 28.8 Å². The van der Waals surface area contributed by atoms with Crippen LogP contribution in [0.25, 0.3) is 0 Å². The number of carbonyl (C=O) groups is 1. The number of nitriles is 1. The molecule has 0 radical (unpaired) electrons. The molecule has 0 saturated carbocycles. The third-order valence-corrected chi connectivity index (χ3v) is 5.10. The van der Waals surface area contributed by atoms with Crippen LogP contribution >= 0.6 is 11.6 Å². The summed E-state index contributed by atoms with van der Waals surface area (Å²) in [5, 5.41) is 8.68. The predicted octanol–water partition coefficient (Wildman–Crippen LogP) is 1.91. The Hall–Kier alpha value is -1.62. The molecule has 1 rings (SSSR count). The van der Waals surface area contributed by atoms with Crippen molar-refractivity contribution >= 4 is 27.6 Å². The van der Waals surface area contributed by atoms with Crippen LogP contribution in [0.1, 0.15) is 17.3 Å². The number of hydrogen-bond donors (Lipinski definition) is 0. The summed E-state index contributed by atoms with van der Waals surface area (Å²) in [4.78, 5) is 11.2. The molecule has 0 aliphatic carbocycles. The van der Waals surface area contributed by atoms with Gasteiger partial charge in [-0.05, 0) is 25.1 Å². The molecular formula is C13H15ClN2O4S. The van der Waals surface area contributed by atoms with Crippen molar-refractivity contribution in [2.75, 3.05) is 20.7 Å². The number of carbonyl (C=O) groups excluding carboxylic acids is 1. The fraction of sp³-hybridized carbons (Fsp3) is 0.385. The molecule has 0 spiro atoms. The van der Waals surface area contributed by atoms with Gasteiger partial charge in [-0.1, -0.05) is 11.6 Å². The minimum absolute atomic E-state index is 0.0495. The van der Waals surface area contributed by atoms with E-state index in [0.29, 0.717) is 0 Å². The Labute approximate surface area is 128 Å². The van der Waals surface area contributed by atoms with Gasteiger partial charge in [0.2, 0.25) is 10.0 Å². The number of methoxy groups -OCH3 is 1. The average molecular weight is 331 g/mol. The lowest BCUT2D eigenvalue weighted by Gasteiger charge is -2.19. The van der Waals surface area contributed by atoms with E-state index in [0.717, 1.165) is 4.31 Å². The molecule has 0 N–H and O–H groups in total. The topological polar surface area (TPSA) is 87.5 Å². The van der Waals surface area contributed by atoms with E-state index >= 15 is 0 Å². The van der Waals surface area contributed by atoms with E-state index < -0.39 is 21.9 Å². The van der Waals surface area contributed by atoms with Crippen LogP contribution < -0.4 is 0 Å². The lowest BCUT2D eigenvalue weighted by atomic mass is 10.2. The van der Waals surface area contributed by atoms with Gasteiger partial charge in [0.15, 0.2) is 0 Å². The molecule has 1 atom stereocenters. The minimum atomic E-state index is -3.83. The zero-order chi connectivity index (χ0) is 16.2. The van der Waals surface area contributed by atoms with Crippen molar-refractivity contribution in [2.45, 2.75) is 11.8 Å². The van der Waals surface area contributed by atoms with Gasteiger partial charge in [-0.15, -0.1) is 0 Å². The van der Waals surface area contributed by atoms with Crippen LogP contribution in [0.2, 0.25) is 5.02 Å². The summed E-state index contributed by atoms with van der Waals surface area (Å²) >= 11 is 5.95. The van der Waals surface area contributed by atoms with Crippen LogP contribution in [0.4, 0.5) is 0 Å². The number of hydrogen-bond acceptors (Lipinski definition) is 5. The molecule has 0 bridgehead atoms. The summed E-state index contributed by atoms with van der Waals surface area (Å²) in [5.74, 6) is -1.05. The first kappa shape index (κ1) is 17.4. The maximum Gasteiger partial charge on any atom is 0.337 e. The zero-order valence-electron chi connectivity index (χ0n) is 11.8. The smallest absolute Gasteiger partial charge is 0.337 e. The number of nitrogens with zero attached hydrogens (tertiary/aromatic N) is 2. The van der Waals surface area contributed by atoms with E-state index in [1.807, 2.05) is 6.07 Å². The van der Waals surface area contributed by atoms with Gasteiger partial charge in [0.05, 0.1) is 29.7 Å². The van der Waals surface area contributed by atoms with Gasteiger partial charge in [0.25, 0.3) is 0 Å². The Morgan fingerprint density at radius 3 is 2.62 bits per heavy atom. The summed E-state index contributed by atoms with van der Waals surface area (Å²) < 4.78 is 30.3. The zero-order valence-corrected chi connectivity index (χ0v) is 13.4. The number of benzene rings is 1. The third-order valence-electron chi connectivity index (χ3n) is 2.79. The molecule has 0 heterocycles. The Morgan fingerprint density at radius 1 is 1.52 bits per heavy atom. The summed E-state index contributed by atoms with van der Waals surface area (Å²) in [6.07, 6.45) is 0. The first-order valence-corrected chi connectivity index (χ1v) is 7.79. The molecule has 21 heavy (non-hydrogen) atoms. The van der Waals surface area contributed by atoms with Crippen LogP contribution in [0.15, 0.2) is 23.1 Å². The maximum absolute atomic E-state index is 12.4. The number of esters is 1. The first-order chi connectivity index (χ1) is 9.73. The number of rotatable bonds is 5. The largest absolute Gasteiger partial charge is 0.465 e. The van der Waals surface area contributed by atoms with Crippen molar-refractivity contribution in [3.63, 3.8) is 0 Å². The first-order valence-electron chi connectivity index (χ1n) is 5.97. The van der Waals surface area contributed by atoms with E-state index in [1.165, 1.54) is 32.4 Å². The number of halogens is 1. The normalized spacial score (nSPS) is 12.8. The lowest BCUT2D eigenvalue weighted by Crippen LogP contribution is -2.31. The van der Waals surface area contributed by atoms with E-state index in [9.17, 15) is 13.2 Å². The van der Waals surface area contributed by atoms with Crippen LogP contribution in [0, 0.1) is 17.2 Å². The van der Waals surface area contributed by atoms with Crippen LogP contribution in [-0.2, 0) is 14.8 Å². The van der Waals surface area contributed by atoms with Crippen molar-refractivity contribution in [2.24, 2.45) is 5.92 Å². The number of sulfonamides is 1. The van der Waals surface area contributed by atoms with Crippen LogP contribution in [0.5, 0.6) is 0 Å². The molecule has 1 aromatic carbocycles. The highest BCUT2D eigenvalue weighted by Crippen LogP contribution is 2.26. The molecule has 114 valence electrons. The third kappa shape index (κ3) is 3.94. The fourth-order valence-electron chi connectivity index (χ4n) is 1.65. The van der Waals surface area contributed by atoms with Gasteiger partial charge in [0.1, 0.15) is 4.90 Å². The summed E-state index contributed by atoms with van der Waals surface area (Å²) in [5.41, 5.74) is 0.162. The molecule has 0 fully saturated rings. The average Bonchev–Trinajstić information content (AvgIpc) is 2.45. The van der Waals surface area contributed by atoms with Gasteiger partial charge in [-0.2, -0.15) is 9.57 Å². The second-order valence-electron chi connectivity index (χ2n) is 4.45. The van der Waals surface area contributed by atoms with Crippen LogP contribution in [-0.4, -0.2) is 39.4 Å². The van der Waals surface area contributed by atoms with Crippen molar-refractivity contribution < 1.29 is 17.9 Å². The molecule has 0 aromatic heterocycles. The number of ether oxygens (including phenoxy) is 1. The van der Waals surface area contributed by atoms with E-state index in [4.69, 9.17) is 16.9 Å². The van der Waals surface area contributed by atoms with Crippen molar-refractivity contribution in [3.8, 4) is 6.07 Å². The Kier molecular flexibility index (Phi) is 5.72. The van der Waals surface area contributed by atoms with E-state index in [-0.39, 0.29) is 22.0 Å². The Morgan fingerprint density at radius 2 is 2.14 bits per heavy atom. The second-order valence-corrected chi connectivity index (χ2v) is 6.87. The summed E-state index contributed by atoms with van der Waals surface area (Å²) in [7, 11) is -1.24. The van der Waals surface area contributed by atoms with Gasteiger partial charge in [0, 0.05) is 13.6 Å². The molecule has 6 nitrogen and oxygen atoms in total. The molecular weight excluding hydrogens is 316 g/mol. The summed E-state index contributed by atoms with van der Waals surface area (Å²) in [6, 6.07) is 5.78. The van der Waals surface area contributed by atoms with Gasteiger partial charge in [-0.3, -0.25) is 0 Å². The molecule has 0 amide bonds. The molecule has 8 heteroatoms. The van der Waals surface area contributed by atoms with E-state index in [2.05, 4.69) is 4.74 Å². The quantitative estimate of drug-likeness (QED) is 0.769. The molecule has 1 aromatic rings. The SMILES string of the molecule is COC(=O)c1ccc(S(=O)(=O)N(C)C[C@@H](C)C#N)c(Cl)c1. The Balaban J connectivity index is 3.15. The maximum atomic E-state index is 12.4. The molecule has 0 unspecified atom stereocenters. The minimum Gasteiger partial charge on any atom is -0.465 e. The van der Waals surface area contributed by atoms with Gasteiger partial charge < -0.3 is 4.74 Å². The highest BCUT2D eigenvalue weighted by molar-refractivity contribution is 7.89. The molecule has 0 saturated heterocycles. The highest BCUT2D eigenvalue weighted by Gasteiger charge is 2.25. The predicted molar refractivity (Wildman–Crippen MR) is 77.4 cm³/mol. The van der Waals surface area contributed by atoms with Crippen molar-refractivity contribution in [1.82, 2.24) is 4.31 Å². The van der Waals surface area contributed by atoms with Gasteiger partial charge in [-0.25, -0.2) is 13.2 Å². The van der Waals surface area contributed by atoms with Crippen molar-refractivity contribution in [1.29, 1.82) is 5.26 Å². The van der Waals surface area contributed by atoms with E-state index in [1.54, 1.807) is 6.92 Å². The van der Waals surface area contributed by atoms with Crippen LogP contribution in [0.3, 0.4) is 0 Å².